The van der Waals surface area contributed by atoms with Gasteiger partial charge >= 0.3 is 0 Å². The van der Waals surface area contributed by atoms with Crippen LogP contribution in [0, 0.1) is 17.0 Å². The summed E-state index contributed by atoms with van der Waals surface area (Å²) < 4.78 is 27.1. The summed E-state index contributed by atoms with van der Waals surface area (Å²) in [4.78, 5) is 12.2. The molecule has 7 nitrogen and oxygen atoms in total. The van der Waals surface area contributed by atoms with Crippen LogP contribution >= 0.6 is 0 Å². The summed E-state index contributed by atoms with van der Waals surface area (Å²) >= 11 is 0. The van der Waals surface area contributed by atoms with E-state index in [1.54, 1.807) is 0 Å². The molecular weight excluding hydrogens is 354 g/mol. The van der Waals surface area contributed by atoms with E-state index in [1.165, 1.54) is 24.3 Å². The zero-order valence-corrected chi connectivity index (χ0v) is 15.7. The van der Waals surface area contributed by atoms with Crippen LogP contribution in [0.4, 0.5) is 11.4 Å². The van der Waals surface area contributed by atoms with Gasteiger partial charge in [0.1, 0.15) is 0 Å². The Balaban J connectivity index is 1.93. The lowest BCUT2D eigenvalue weighted by atomic mass is 10.2. The fraction of sp³-hybridized carbons (Fsp3) is 0.333. The summed E-state index contributed by atoms with van der Waals surface area (Å²) in [7, 11) is -3.51. The van der Waals surface area contributed by atoms with Gasteiger partial charge in [-0.1, -0.05) is 30.3 Å². The lowest BCUT2D eigenvalue weighted by Crippen LogP contribution is -2.35. The molecule has 2 rings (SSSR count). The van der Waals surface area contributed by atoms with E-state index >= 15 is 0 Å². The van der Waals surface area contributed by atoms with Gasteiger partial charge < -0.3 is 4.90 Å². The third-order valence-electron chi connectivity index (χ3n) is 4.05. The second-order valence-electron chi connectivity index (χ2n) is 5.94. The molecule has 0 radical (unpaired) electrons. The second-order valence-corrected chi connectivity index (χ2v) is 7.75. The van der Waals surface area contributed by atoms with Crippen LogP contribution in [-0.4, -0.2) is 33.0 Å². The molecule has 1 N–H and O–H groups in total. The Morgan fingerprint density at radius 3 is 2.35 bits per heavy atom. The van der Waals surface area contributed by atoms with Crippen molar-refractivity contribution in [1.29, 1.82) is 0 Å². The number of non-ortho nitro benzene ring substituents is 1. The lowest BCUT2D eigenvalue weighted by Gasteiger charge is -2.25. The van der Waals surface area contributed by atoms with Gasteiger partial charge in [-0.2, -0.15) is 0 Å². The molecule has 0 aliphatic carbocycles. The number of hydrogen-bond donors (Lipinski definition) is 1. The number of nitro benzene ring substituents is 1. The number of benzene rings is 2. The summed E-state index contributed by atoms with van der Waals surface area (Å²) in [6, 6.07) is 13.5. The number of nitrogens with one attached hydrogen (secondary N) is 1. The molecule has 0 unspecified atom stereocenters. The molecule has 0 aliphatic rings. The Labute approximate surface area is 153 Å². The topological polar surface area (TPSA) is 92.6 Å². The van der Waals surface area contributed by atoms with Crippen molar-refractivity contribution in [1.82, 2.24) is 4.72 Å². The minimum Gasteiger partial charge on any atom is -0.370 e. The Bertz CT molecular complexity index is 851. The van der Waals surface area contributed by atoms with Gasteiger partial charge in [0.2, 0.25) is 10.0 Å². The van der Waals surface area contributed by atoms with Crippen LogP contribution in [0.15, 0.2) is 48.5 Å². The van der Waals surface area contributed by atoms with Gasteiger partial charge in [-0.3, -0.25) is 10.1 Å². The average molecular weight is 377 g/mol. The fourth-order valence-electron chi connectivity index (χ4n) is 2.69. The van der Waals surface area contributed by atoms with Crippen molar-refractivity contribution in [3.8, 4) is 0 Å². The van der Waals surface area contributed by atoms with Crippen LogP contribution in [0.5, 0.6) is 0 Å². The van der Waals surface area contributed by atoms with Gasteiger partial charge in [-0.15, -0.1) is 0 Å². The van der Waals surface area contributed by atoms with Crippen LogP contribution < -0.4 is 9.62 Å². The zero-order chi connectivity index (χ0) is 19.2. The lowest BCUT2D eigenvalue weighted by molar-refractivity contribution is -0.384. The van der Waals surface area contributed by atoms with E-state index in [0.717, 1.165) is 17.8 Å². The SMILES string of the molecule is CCN(CCNS(=O)(=O)Cc1ccc([N+](=O)[O-])cc1)c1ccccc1C. The predicted molar refractivity (Wildman–Crippen MR) is 103 cm³/mol. The number of hydrogen-bond acceptors (Lipinski definition) is 5. The highest BCUT2D eigenvalue weighted by atomic mass is 32.2. The molecule has 26 heavy (non-hydrogen) atoms. The Hall–Kier alpha value is -2.45. The van der Waals surface area contributed by atoms with Crippen molar-refractivity contribution >= 4 is 21.4 Å². The number of nitro groups is 1. The Morgan fingerprint density at radius 2 is 1.77 bits per heavy atom. The summed E-state index contributed by atoms with van der Waals surface area (Å²) in [5, 5.41) is 10.6. The minimum absolute atomic E-state index is 0.0593. The standard InChI is InChI=1S/C18H23N3O4S/c1-3-20(18-7-5-4-6-15(18)2)13-12-19-26(24,25)14-16-8-10-17(11-9-16)21(22)23/h4-11,19H,3,12-14H2,1-2H3. The Morgan fingerprint density at radius 1 is 1.12 bits per heavy atom. The quantitative estimate of drug-likeness (QED) is 0.536. The number of anilines is 1. The average Bonchev–Trinajstić information content (AvgIpc) is 2.59. The first-order valence-corrected chi connectivity index (χ1v) is 9.99. The number of likely N-dealkylation sites (N-methyl/N-ethyl adjacent to an activating group) is 1. The molecule has 0 spiro atoms. The largest absolute Gasteiger partial charge is 0.370 e. The van der Waals surface area contributed by atoms with E-state index in [9.17, 15) is 18.5 Å². The monoisotopic (exact) mass is 377 g/mol. The van der Waals surface area contributed by atoms with Crippen LogP contribution in [0.2, 0.25) is 0 Å². The predicted octanol–water partition coefficient (Wildman–Crippen LogP) is 2.85. The zero-order valence-electron chi connectivity index (χ0n) is 14.9. The van der Waals surface area contributed by atoms with Crippen molar-refractivity contribution in [2.75, 3.05) is 24.5 Å². The van der Waals surface area contributed by atoms with Crippen LogP contribution in [-0.2, 0) is 15.8 Å². The van der Waals surface area contributed by atoms with Crippen molar-refractivity contribution in [3.05, 3.63) is 69.8 Å². The van der Waals surface area contributed by atoms with Crippen LogP contribution in [0.3, 0.4) is 0 Å². The van der Waals surface area contributed by atoms with Gasteiger partial charge in [-0.25, -0.2) is 13.1 Å². The van der Waals surface area contributed by atoms with Crippen molar-refractivity contribution in [2.45, 2.75) is 19.6 Å². The summed E-state index contributed by atoms with van der Waals surface area (Å²) in [5.74, 6) is -0.207. The third kappa shape index (κ3) is 5.53. The molecule has 0 amide bonds. The number of para-hydroxylation sites is 1. The summed E-state index contributed by atoms with van der Waals surface area (Å²) in [6.07, 6.45) is 0. The second kappa shape index (κ2) is 8.77. The normalized spacial score (nSPS) is 11.3. The van der Waals surface area contributed by atoms with Gasteiger partial charge in [0.25, 0.3) is 5.69 Å². The van der Waals surface area contributed by atoms with Crippen LogP contribution in [0.25, 0.3) is 0 Å². The first kappa shape index (κ1) is 19.9. The number of nitrogens with zero attached hydrogens (tertiary/aromatic N) is 2. The van der Waals surface area contributed by atoms with E-state index in [1.807, 2.05) is 38.1 Å². The molecule has 8 heteroatoms. The molecule has 0 aliphatic heterocycles. The molecule has 0 saturated carbocycles. The molecule has 140 valence electrons. The molecule has 0 fully saturated rings. The highest BCUT2D eigenvalue weighted by Crippen LogP contribution is 2.18. The number of sulfonamides is 1. The maximum atomic E-state index is 12.2. The van der Waals surface area contributed by atoms with E-state index < -0.39 is 14.9 Å². The summed E-state index contributed by atoms with van der Waals surface area (Å²) in [6.45, 7) is 5.67. The summed E-state index contributed by atoms with van der Waals surface area (Å²) in [5.41, 5.74) is 2.68. The van der Waals surface area contributed by atoms with Crippen LogP contribution in [0.1, 0.15) is 18.1 Å². The minimum atomic E-state index is -3.51. The van der Waals surface area contributed by atoms with E-state index in [2.05, 4.69) is 9.62 Å². The molecule has 2 aromatic rings. The molecule has 0 saturated heterocycles. The van der Waals surface area contributed by atoms with Crippen molar-refractivity contribution in [3.63, 3.8) is 0 Å². The van der Waals surface area contributed by atoms with Gasteiger partial charge in [0, 0.05) is 37.5 Å². The van der Waals surface area contributed by atoms with E-state index in [0.29, 0.717) is 12.1 Å². The highest BCUT2D eigenvalue weighted by Gasteiger charge is 2.14. The molecule has 0 heterocycles. The number of aryl methyl sites for hydroxylation is 1. The van der Waals surface area contributed by atoms with Gasteiger partial charge in [0.15, 0.2) is 0 Å². The third-order valence-corrected chi connectivity index (χ3v) is 5.40. The Kier molecular flexibility index (Phi) is 6.70. The first-order chi connectivity index (χ1) is 12.3. The first-order valence-electron chi connectivity index (χ1n) is 8.33. The molecule has 0 aromatic heterocycles. The smallest absolute Gasteiger partial charge is 0.269 e. The van der Waals surface area contributed by atoms with E-state index in [-0.39, 0.29) is 18.0 Å². The van der Waals surface area contributed by atoms with Crippen molar-refractivity contribution < 1.29 is 13.3 Å². The maximum Gasteiger partial charge on any atom is 0.269 e. The molecule has 2 aromatic carbocycles. The maximum absolute atomic E-state index is 12.2. The molecule has 0 bridgehead atoms. The molecular formula is C18H23N3O4S. The molecule has 0 atom stereocenters. The van der Waals surface area contributed by atoms with Gasteiger partial charge in [0.05, 0.1) is 10.7 Å². The highest BCUT2D eigenvalue weighted by molar-refractivity contribution is 7.88. The fourth-order valence-corrected chi connectivity index (χ4v) is 3.82. The number of rotatable bonds is 9. The van der Waals surface area contributed by atoms with Crippen molar-refractivity contribution in [2.24, 2.45) is 0 Å². The van der Waals surface area contributed by atoms with Gasteiger partial charge in [-0.05, 0) is 31.0 Å². The van der Waals surface area contributed by atoms with E-state index in [4.69, 9.17) is 0 Å².